The van der Waals surface area contributed by atoms with E-state index in [0.717, 1.165) is 25.8 Å². The van der Waals surface area contributed by atoms with Crippen LogP contribution in [0.25, 0.3) is 4.96 Å². The Labute approximate surface area is 175 Å². The lowest BCUT2D eigenvalue weighted by Crippen LogP contribution is -2.46. The molecule has 0 bridgehead atoms. The van der Waals surface area contributed by atoms with Crippen molar-refractivity contribution in [2.45, 2.75) is 31.8 Å². The molecular formula is C19H18Cl2N4O2S. The largest absolute Gasteiger partial charge is 0.325 e. The Morgan fingerprint density at radius 1 is 1.25 bits per heavy atom. The summed E-state index contributed by atoms with van der Waals surface area (Å²) in [6.07, 6.45) is 4.47. The Morgan fingerprint density at radius 2 is 2.11 bits per heavy atom. The van der Waals surface area contributed by atoms with Crippen LogP contribution in [0.3, 0.4) is 0 Å². The fourth-order valence-electron chi connectivity index (χ4n) is 3.45. The SMILES string of the molecule is O=C(Nc1ccc(Cl)c(Cl)c1)[C@H]1CCCCN1Cc1cc(=O)n2ccsc2n1. The van der Waals surface area contributed by atoms with Crippen molar-refractivity contribution in [3.8, 4) is 0 Å². The lowest BCUT2D eigenvalue weighted by atomic mass is 10.0. The molecular weight excluding hydrogens is 419 g/mol. The maximum absolute atomic E-state index is 12.9. The van der Waals surface area contributed by atoms with Gasteiger partial charge < -0.3 is 5.32 Å². The number of nitrogens with zero attached hydrogens (tertiary/aromatic N) is 3. The molecule has 3 aromatic rings. The number of fused-ring (bicyclic) bond motifs is 1. The fraction of sp³-hybridized carbons (Fsp3) is 0.316. The quantitative estimate of drug-likeness (QED) is 0.669. The van der Waals surface area contributed by atoms with Crippen LogP contribution in [0.4, 0.5) is 5.69 Å². The molecule has 6 nitrogen and oxygen atoms in total. The molecule has 0 unspecified atom stereocenters. The van der Waals surface area contributed by atoms with Crippen LogP contribution >= 0.6 is 34.5 Å². The van der Waals surface area contributed by atoms with Gasteiger partial charge in [0, 0.05) is 29.9 Å². The topological polar surface area (TPSA) is 66.7 Å². The number of carbonyl (C=O) groups excluding carboxylic acids is 1. The second-order valence-electron chi connectivity index (χ2n) is 6.74. The minimum atomic E-state index is -0.285. The zero-order chi connectivity index (χ0) is 19.7. The van der Waals surface area contributed by atoms with Gasteiger partial charge >= 0.3 is 0 Å². The number of likely N-dealkylation sites (tertiary alicyclic amines) is 1. The van der Waals surface area contributed by atoms with E-state index >= 15 is 0 Å². The molecule has 1 N–H and O–H groups in total. The minimum absolute atomic E-state index is 0.0907. The molecule has 1 amide bonds. The van der Waals surface area contributed by atoms with Gasteiger partial charge in [-0.2, -0.15) is 0 Å². The molecule has 1 aromatic carbocycles. The molecule has 146 valence electrons. The molecule has 0 aliphatic carbocycles. The van der Waals surface area contributed by atoms with E-state index in [1.54, 1.807) is 30.5 Å². The number of anilines is 1. The van der Waals surface area contributed by atoms with Crippen LogP contribution in [0.5, 0.6) is 0 Å². The van der Waals surface area contributed by atoms with Crippen molar-refractivity contribution in [3.63, 3.8) is 0 Å². The van der Waals surface area contributed by atoms with E-state index in [9.17, 15) is 9.59 Å². The highest BCUT2D eigenvalue weighted by Gasteiger charge is 2.29. The van der Waals surface area contributed by atoms with Gasteiger partial charge in [-0.3, -0.25) is 18.9 Å². The van der Waals surface area contributed by atoms with Gasteiger partial charge in [-0.05, 0) is 37.6 Å². The highest BCUT2D eigenvalue weighted by Crippen LogP contribution is 2.26. The molecule has 28 heavy (non-hydrogen) atoms. The van der Waals surface area contributed by atoms with Crippen molar-refractivity contribution in [1.82, 2.24) is 14.3 Å². The Morgan fingerprint density at radius 3 is 2.93 bits per heavy atom. The summed E-state index contributed by atoms with van der Waals surface area (Å²) in [5.74, 6) is -0.0907. The average Bonchev–Trinajstić information content (AvgIpc) is 3.14. The van der Waals surface area contributed by atoms with E-state index in [1.165, 1.54) is 15.7 Å². The van der Waals surface area contributed by atoms with E-state index in [4.69, 9.17) is 23.2 Å². The highest BCUT2D eigenvalue weighted by molar-refractivity contribution is 7.15. The van der Waals surface area contributed by atoms with E-state index in [1.807, 2.05) is 5.38 Å². The van der Waals surface area contributed by atoms with Crippen LogP contribution < -0.4 is 10.9 Å². The molecule has 0 radical (unpaired) electrons. The van der Waals surface area contributed by atoms with E-state index < -0.39 is 0 Å². The molecule has 1 fully saturated rings. The zero-order valence-electron chi connectivity index (χ0n) is 14.9. The zero-order valence-corrected chi connectivity index (χ0v) is 17.2. The van der Waals surface area contributed by atoms with Crippen molar-refractivity contribution in [3.05, 3.63) is 61.9 Å². The first-order valence-corrected chi connectivity index (χ1v) is 10.6. The van der Waals surface area contributed by atoms with Gasteiger partial charge in [0.2, 0.25) is 5.91 Å². The first-order valence-electron chi connectivity index (χ1n) is 8.97. The minimum Gasteiger partial charge on any atom is -0.325 e. The number of benzene rings is 1. The first-order chi connectivity index (χ1) is 13.5. The molecule has 1 atom stereocenters. The summed E-state index contributed by atoms with van der Waals surface area (Å²) >= 11 is 13.4. The summed E-state index contributed by atoms with van der Waals surface area (Å²) in [5.41, 5.74) is 1.19. The summed E-state index contributed by atoms with van der Waals surface area (Å²) < 4.78 is 1.53. The van der Waals surface area contributed by atoms with E-state index in [2.05, 4.69) is 15.2 Å². The third-order valence-electron chi connectivity index (χ3n) is 4.82. The number of carbonyl (C=O) groups is 1. The Kier molecular flexibility index (Phi) is 5.68. The number of halogens is 2. The van der Waals surface area contributed by atoms with Crippen LogP contribution in [-0.4, -0.2) is 32.8 Å². The maximum atomic E-state index is 12.9. The van der Waals surface area contributed by atoms with Crippen molar-refractivity contribution < 1.29 is 4.79 Å². The average molecular weight is 437 g/mol. The van der Waals surface area contributed by atoms with Gasteiger partial charge in [0.25, 0.3) is 5.56 Å². The molecule has 1 aliphatic rings. The van der Waals surface area contributed by atoms with Gasteiger partial charge in [0.15, 0.2) is 4.96 Å². The number of hydrogen-bond donors (Lipinski definition) is 1. The lowest BCUT2D eigenvalue weighted by Gasteiger charge is -2.34. The number of nitrogens with one attached hydrogen (secondary N) is 1. The third kappa shape index (κ3) is 4.07. The highest BCUT2D eigenvalue weighted by atomic mass is 35.5. The number of thiazole rings is 1. The predicted octanol–water partition coefficient (Wildman–Crippen LogP) is 4.06. The summed E-state index contributed by atoms with van der Waals surface area (Å²) in [4.78, 5) is 32.4. The standard InChI is InChI=1S/C19H18Cl2N4O2S/c20-14-5-4-12(9-15(14)21)22-18(27)16-3-1-2-6-24(16)11-13-10-17(26)25-7-8-28-19(25)23-13/h4-5,7-10,16H,1-3,6,11H2,(H,22,27)/t16-/m1/s1. The molecule has 4 rings (SSSR count). The van der Waals surface area contributed by atoms with E-state index in [-0.39, 0.29) is 17.5 Å². The van der Waals surface area contributed by atoms with Gasteiger partial charge in [0.1, 0.15) is 0 Å². The number of aromatic nitrogens is 2. The molecule has 2 aromatic heterocycles. The molecule has 1 saturated heterocycles. The van der Waals surface area contributed by atoms with Crippen molar-refractivity contribution >= 4 is 51.1 Å². The second kappa shape index (κ2) is 8.21. The van der Waals surface area contributed by atoms with Crippen molar-refractivity contribution in [2.24, 2.45) is 0 Å². The van der Waals surface area contributed by atoms with Crippen LogP contribution in [-0.2, 0) is 11.3 Å². The van der Waals surface area contributed by atoms with Crippen molar-refractivity contribution in [1.29, 1.82) is 0 Å². The van der Waals surface area contributed by atoms with Gasteiger partial charge in [0.05, 0.1) is 21.8 Å². The lowest BCUT2D eigenvalue weighted by molar-refractivity contribution is -0.122. The van der Waals surface area contributed by atoms with Crippen LogP contribution in [0.15, 0.2) is 40.6 Å². The Balaban J connectivity index is 1.52. The van der Waals surface area contributed by atoms with E-state index in [0.29, 0.717) is 32.9 Å². The molecule has 0 spiro atoms. The third-order valence-corrected chi connectivity index (χ3v) is 6.32. The first kappa shape index (κ1) is 19.4. The van der Waals surface area contributed by atoms with Crippen LogP contribution in [0.1, 0.15) is 25.0 Å². The van der Waals surface area contributed by atoms with Gasteiger partial charge in [-0.1, -0.05) is 29.6 Å². The molecule has 0 saturated carbocycles. The Hall–Kier alpha value is -1.93. The number of amides is 1. The van der Waals surface area contributed by atoms with Crippen LogP contribution in [0, 0.1) is 0 Å². The summed E-state index contributed by atoms with van der Waals surface area (Å²) in [7, 11) is 0. The smallest absolute Gasteiger partial charge is 0.258 e. The predicted molar refractivity (Wildman–Crippen MR) is 112 cm³/mol. The van der Waals surface area contributed by atoms with Crippen LogP contribution in [0.2, 0.25) is 10.0 Å². The normalized spacial score (nSPS) is 17.7. The monoisotopic (exact) mass is 436 g/mol. The summed E-state index contributed by atoms with van der Waals surface area (Å²) in [6, 6.07) is 6.29. The molecule has 3 heterocycles. The Bertz CT molecular complexity index is 1080. The molecule has 9 heteroatoms. The molecule has 1 aliphatic heterocycles. The second-order valence-corrected chi connectivity index (χ2v) is 8.43. The van der Waals surface area contributed by atoms with Crippen molar-refractivity contribution in [2.75, 3.05) is 11.9 Å². The van der Waals surface area contributed by atoms with Gasteiger partial charge in [-0.15, -0.1) is 11.3 Å². The van der Waals surface area contributed by atoms with Gasteiger partial charge in [-0.25, -0.2) is 4.98 Å². The number of rotatable bonds is 4. The fourth-order valence-corrected chi connectivity index (χ4v) is 4.49. The number of piperidine rings is 1. The summed E-state index contributed by atoms with van der Waals surface area (Å²) in [5, 5.41) is 5.60. The maximum Gasteiger partial charge on any atom is 0.258 e. The number of hydrogen-bond acceptors (Lipinski definition) is 5. The summed E-state index contributed by atoms with van der Waals surface area (Å²) in [6.45, 7) is 1.24.